The van der Waals surface area contributed by atoms with Gasteiger partial charge in [-0.15, -0.1) is 10.2 Å². The van der Waals surface area contributed by atoms with E-state index in [1.807, 2.05) is 0 Å². The molecule has 1 amide bonds. The van der Waals surface area contributed by atoms with E-state index in [0.29, 0.717) is 43.5 Å². The lowest BCUT2D eigenvalue weighted by Crippen LogP contribution is -2.38. The smallest absolute Gasteiger partial charge is 0.283 e. The highest BCUT2D eigenvalue weighted by Crippen LogP contribution is 2.30. The summed E-state index contributed by atoms with van der Waals surface area (Å²) in [7, 11) is 0. The van der Waals surface area contributed by atoms with E-state index < -0.39 is 5.82 Å². The summed E-state index contributed by atoms with van der Waals surface area (Å²) in [5, 5.41) is 8.10. The monoisotopic (exact) mass is 341 g/mol. The molecule has 0 atom stereocenters. The normalized spacial score (nSPS) is 15.5. The first-order valence-corrected chi connectivity index (χ1v) is 8.13. The van der Waals surface area contributed by atoms with Crippen LogP contribution in [0.3, 0.4) is 0 Å². The first-order valence-electron chi connectivity index (χ1n) is 8.13. The molecule has 2 aromatic heterocycles. The summed E-state index contributed by atoms with van der Waals surface area (Å²) < 4.78 is 24.7. The van der Waals surface area contributed by atoms with Gasteiger partial charge in [0.1, 0.15) is 5.82 Å². The van der Waals surface area contributed by atoms with Crippen molar-refractivity contribution in [2.45, 2.75) is 18.8 Å². The van der Waals surface area contributed by atoms with Crippen molar-refractivity contribution in [3.63, 3.8) is 0 Å². The number of hydrogen-bond donors (Lipinski definition) is 0. The van der Waals surface area contributed by atoms with E-state index in [0.717, 1.165) is 0 Å². The highest BCUT2D eigenvalue weighted by Gasteiger charge is 2.29. The molecule has 3 aromatic rings. The molecule has 1 aliphatic heterocycles. The van der Waals surface area contributed by atoms with Crippen molar-refractivity contribution in [1.82, 2.24) is 15.1 Å². The molecule has 25 heavy (non-hydrogen) atoms. The third-order valence-corrected chi connectivity index (χ3v) is 4.41. The second-order valence-corrected chi connectivity index (χ2v) is 5.97. The molecule has 0 bridgehead atoms. The molecule has 0 spiro atoms. The van der Waals surface area contributed by atoms with Crippen LogP contribution in [0.5, 0.6) is 0 Å². The molecule has 0 N–H and O–H groups in total. The highest BCUT2D eigenvalue weighted by molar-refractivity contribution is 5.94. The molecular formula is C18H16FN3O3. The van der Waals surface area contributed by atoms with Crippen LogP contribution in [-0.2, 0) is 0 Å². The number of nitrogens with zero attached hydrogens (tertiary/aromatic N) is 3. The van der Waals surface area contributed by atoms with Crippen molar-refractivity contribution in [1.29, 1.82) is 0 Å². The number of piperidine rings is 1. The van der Waals surface area contributed by atoms with E-state index in [1.54, 1.807) is 35.4 Å². The Morgan fingerprint density at radius 3 is 2.64 bits per heavy atom. The Kier molecular flexibility index (Phi) is 4.05. The zero-order valence-electron chi connectivity index (χ0n) is 13.4. The molecule has 1 saturated heterocycles. The lowest BCUT2D eigenvalue weighted by atomic mass is 9.96. The van der Waals surface area contributed by atoms with Crippen molar-refractivity contribution >= 4 is 5.91 Å². The van der Waals surface area contributed by atoms with Gasteiger partial charge in [-0.2, -0.15) is 0 Å². The molecular weight excluding hydrogens is 325 g/mol. The molecule has 1 aliphatic rings. The maximum Gasteiger partial charge on any atom is 0.283 e. The van der Waals surface area contributed by atoms with Crippen LogP contribution in [0.25, 0.3) is 11.7 Å². The van der Waals surface area contributed by atoms with E-state index in [4.69, 9.17) is 8.83 Å². The van der Waals surface area contributed by atoms with Crippen molar-refractivity contribution in [3.8, 4) is 11.7 Å². The number of aromatic nitrogens is 2. The zero-order valence-corrected chi connectivity index (χ0v) is 13.4. The van der Waals surface area contributed by atoms with Gasteiger partial charge >= 0.3 is 0 Å². The van der Waals surface area contributed by atoms with Gasteiger partial charge in [0, 0.05) is 19.0 Å². The molecule has 128 valence electrons. The SMILES string of the molecule is O=C(c1ccccc1F)N1CCC(c2nnc(-c3ccco3)o2)CC1. The number of hydrogen-bond acceptors (Lipinski definition) is 5. The van der Waals surface area contributed by atoms with Crippen LogP contribution in [-0.4, -0.2) is 34.1 Å². The van der Waals surface area contributed by atoms with Gasteiger partial charge in [-0.05, 0) is 37.1 Å². The summed E-state index contributed by atoms with van der Waals surface area (Å²) in [5.41, 5.74) is 0.110. The maximum absolute atomic E-state index is 13.8. The summed E-state index contributed by atoms with van der Waals surface area (Å²) in [5.74, 6) is 0.744. The Hall–Kier alpha value is -2.96. The predicted octanol–water partition coefficient (Wildman–Crippen LogP) is 3.49. The second-order valence-electron chi connectivity index (χ2n) is 5.97. The average Bonchev–Trinajstić information content (AvgIpc) is 3.33. The predicted molar refractivity (Wildman–Crippen MR) is 86.3 cm³/mol. The van der Waals surface area contributed by atoms with Crippen LogP contribution in [0.1, 0.15) is 35.0 Å². The van der Waals surface area contributed by atoms with Gasteiger partial charge < -0.3 is 13.7 Å². The fourth-order valence-electron chi connectivity index (χ4n) is 3.03. The summed E-state index contributed by atoms with van der Waals surface area (Å²) in [6.45, 7) is 1.05. The fraction of sp³-hybridized carbons (Fsp3) is 0.278. The minimum atomic E-state index is -0.491. The molecule has 0 radical (unpaired) electrons. The van der Waals surface area contributed by atoms with Crippen LogP contribution in [0.15, 0.2) is 51.5 Å². The van der Waals surface area contributed by atoms with E-state index in [-0.39, 0.29) is 17.4 Å². The Morgan fingerprint density at radius 1 is 1.12 bits per heavy atom. The molecule has 1 fully saturated rings. The van der Waals surface area contributed by atoms with Gasteiger partial charge in [0.2, 0.25) is 5.89 Å². The third kappa shape index (κ3) is 3.05. The first kappa shape index (κ1) is 15.6. The topological polar surface area (TPSA) is 72.4 Å². The number of rotatable bonds is 3. The largest absolute Gasteiger partial charge is 0.459 e. The zero-order chi connectivity index (χ0) is 17.2. The molecule has 0 aliphatic carbocycles. The van der Waals surface area contributed by atoms with Crippen LogP contribution in [0.4, 0.5) is 4.39 Å². The lowest BCUT2D eigenvalue weighted by molar-refractivity contribution is 0.0701. The van der Waals surface area contributed by atoms with Gasteiger partial charge in [0.25, 0.3) is 11.8 Å². The molecule has 0 saturated carbocycles. The molecule has 0 unspecified atom stereocenters. The van der Waals surface area contributed by atoms with Crippen molar-refractivity contribution in [3.05, 3.63) is 59.9 Å². The van der Waals surface area contributed by atoms with Crippen molar-refractivity contribution in [2.75, 3.05) is 13.1 Å². The number of amides is 1. The minimum absolute atomic E-state index is 0.0842. The number of carbonyl (C=O) groups excluding carboxylic acids is 1. The maximum atomic E-state index is 13.8. The number of benzene rings is 1. The van der Waals surface area contributed by atoms with Crippen molar-refractivity contribution in [2.24, 2.45) is 0 Å². The summed E-state index contributed by atoms with van der Waals surface area (Å²) in [4.78, 5) is 14.1. The molecule has 6 nitrogen and oxygen atoms in total. The van der Waals surface area contributed by atoms with Crippen LogP contribution in [0, 0.1) is 5.82 Å². The third-order valence-electron chi connectivity index (χ3n) is 4.41. The first-order chi connectivity index (χ1) is 12.2. The van der Waals surface area contributed by atoms with Gasteiger partial charge in [-0.1, -0.05) is 12.1 Å². The van der Waals surface area contributed by atoms with Crippen LogP contribution in [0.2, 0.25) is 0 Å². The van der Waals surface area contributed by atoms with Gasteiger partial charge in [-0.3, -0.25) is 4.79 Å². The summed E-state index contributed by atoms with van der Waals surface area (Å²) >= 11 is 0. The summed E-state index contributed by atoms with van der Waals surface area (Å²) in [6, 6.07) is 9.56. The van der Waals surface area contributed by atoms with E-state index in [1.165, 1.54) is 12.1 Å². The molecule has 3 heterocycles. The average molecular weight is 341 g/mol. The summed E-state index contributed by atoms with van der Waals surface area (Å²) in [6.07, 6.45) is 2.94. The van der Waals surface area contributed by atoms with Crippen LogP contribution < -0.4 is 0 Å². The van der Waals surface area contributed by atoms with E-state index in [2.05, 4.69) is 10.2 Å². The fourth-order valence-corrected chi connectivity index (χ4v) is 3.03. The standard InChI is InChI=1S/C18H16FN3O3/c19-14-5-2-1-4-13(14)18(23)22-9-7-12(8-10-22)16-20-21-17(25-16)15-6-3-11-24-15/h1-6,11-12H,7-10H2. The Labute approximate surface area is 143 Å². The van der Waals surface area contributed by atoms with Crippen LogP contribution >= 0.6 is 0 Å². The number of likely N-dealkylation sites (tertiary alicyclic amines) is 1. The Bertz CT molecular complexity index is 867. The minimum Gasteiger partial charge on any atom is -0.459 e. The quantitative estimate of drug-likeness (QED) is 0.729. The highest BCUT2D eigenvalue weighted by atomic mass is 19.1. The lowest BCUT2D eigenvalue weighted by Gasteiger charge is -2.30. The molecule has 7 heteroatoms. The number of halogens is 1. The van der Waals surface area contributed by atoms with Gasteiger partial charge in [0.05, 0.1) is 11.8 Å². The van der Waals surface area contributed by atoms with Gasteiger partial charge in [0.15, 0.2) is 5.76 Å². The van der Waals surface area contributed by atoms with E-state index >= 15 is 0 Å². The Balaban J connectivity index is 1.42. The van der Waals surface area contributed by atoms with Crippen molar-refractivity contribution < 1.29 is 18.0 Å². The second kappa shape index (κ2) is 6.51. The van der Waals surface area contributed by atoms with Gasteiger partial charge in [-0.25, -0.2) is 4.39 Å². The molecule has 1 aromatic carbocycles. The van der Waals surface area contributed by atoms with E-state index in [9.17, 15) is 9.18 Å². The number of furan rings is 1. The molecule has 4 rings (SSSR count). The Morgan fingerprint density at radius 2 is 1.92 bits per heavy atom. The number of carbonyl (C=O) groups is 1.